The van der Waals surface area contributed by atoms with Crippen LogP contribution >= 0.6 is 0 Å². The quantitative estimate of drug-likeness (QED) is 0.0979. The molecule has 0 radical (unpaired) electrons. The minimum atomic E-state index is -1.80. The molecule has 25 atom stereocenters. The number of allylic oxidation sites excluding steroid dienone is 2. The summed E-state index contributed by atoms with van der Waals surface area (Å²) in [5.74, 6) is 0.214. The first-order valence-electron chi connectivity index (χ1n) is 24.4. The van der Waals surface area contributed by atoms with Crippen LogP contribution in [0, 0.1) is 50.2 Å². The first-order valence-corrected chi connectivity index (χ1v) is 24.4. The van der Waals surface area contributed by atoms with Crippen molar-refractivity contribution in [2.24, 2.45) is 50.2 Å². The lowest BCUT2D eigenvalue weighted by molar-refractivity contribution is -0.374. The highest BCUT2D eigenvalue weighted by atomic mass is 16.8. The molecule has 8 aliphatic rings. The van der Waals surface area contributed by atoms with Crippen LogP contribution in [0.25, 0.3) is 0 Å². The van der Waals surface area contributed by atoms with Crippen LogP contribution in [0.2, 0.25) is 0 Å². The highest BCUT2D eigenvalue weighted by Crippen LogP contribution is 2.76. The zero-order chi connectivity index (χ0) is 48.3. The molecule has 4 saturated carbocycles. The molecule has 5 aliphatic carbocycles. The van der Waals surface area contributed by atoms with Gasteiger partial charge < -0.3 is 89.7 Å². The number of aliphatic hydroxyl groups is 12. The van der Waals surface area contributed by atoms with Gasteiger partial charge in [-0.3, -0.25) is 0 Å². The van der Waals surface area contributed by atoms with Crippen molar-refractivity contribution in [3.63, 3.8) is 0 Å². The summed E-state index contributed by atoms with van der Waals surface area (Å²) in [5.41, 5.74) is -0.739. The Bertz CT molecular complexity index is 1750. The third-order valence-corrected chi connectivity index (χ3v) is 19.6. The first kappa shape index (κ1) is 51.4. The molecule has 12 N–H and O–H groups in total. The molecule has 0 unspecified atom stereocenters. The van der Waals surface area contributed by atoms with Crippen LogP contribution in [-0.2, 0) is 28.4 Å². The van der Waals surface area contributed by atoms with E-state index in [4.69, 9.17) is 28.4 Å². The Morgan fingerprint density at radius 3 is 1.92 bits per heavy atom. The second kappa shape index (κ2) is 18.3. The summed E-state index contributed by atoms with van der Waals surface area (Å²) in [4.78, 5) is 0. The third kappa shape index (κ3) is 7.91. The average molecular weight is 945 g/mol. The van der Waals surface area contributed by atoms with Gasteiger partial charge in [-0.2, -0.15) is 0 Å². The van der Waals surface area contributed by atoms with Crippen LogP contribution in [0.3, 0.4) is 0 Å². The fourth-order valence-corrected chi connectivity index (χ4v) is 15.1. The number of ether oxygens (including phenoxy) is 6. The van der Waals surface area contributed by atoms with Crippen LogP contribution in [0.5, 0.6) is 0 Å². The molecule has 18 nitrogen and oxygen atoms in total. The second-order valence-electron chi connectivity index (χ2n) is 23.5. The minimum Gasteiger partial charge on any atom is -0.396 e. The average Bonchev–Trinajstić information content (AvgIpc) is 3.27. The highest BCUT2D eigenvalue weighted by Gasteiger charge is 2.71. The van der Waals surface area contributed by atoms with Gasteiger partial charge in [-0.15, -0.1) is 0 Å². The van der Waals surface area contributed by atoms with Gasteiger partial charge in [0.15, 0.2) is 18.9 Å². The molecule has 7 fully saturated rings. The smallest absolute Gasteiger partial charge is 0.187 e. The van der Waals surface area contributed by atoms with Crippen LogP contribution in [0.4, 0.5) is 0 Å². The second-order valence-corrected chi connectivity index (χ2v) is 23.5. The van der Waals surface area contributed by atoms with Gasteiger partial charge in [-0.1, -0.05) is 53.2 Å². The van der Waals surface area contributed by atoms with E-state index >= 15 is 0 Å². The van der Waals surface area contributed by atoms with Crippen molar-refractivity contribution in [2.75, 3.05) is 26.4 Å². The lowest BCUT2D eigenvalue weighted by Gasteiger charge is -2.72. The molecule has 380 valence electrons. The Morgan fingerprint density at radius 2 is 1.26 bits per heavy atom. The zero-order valence-corrected chi connectivity index (χ0v) is 39.6. The van der Waals surface area contributed by atoms with Crippen molar-refractivity contribution in [3.8, 4) is 0 Å². The van der Waals surface area contributed by atoms with Gasteiger partial charge in [0.05, 0.1) is 44.7 Å². The summed E-state index contributed by atoms with van der Waals surface area (Å²) in [6, 6.07) is 0. The number of aliphatic hydroxyl groups excluding tert-OH is 12. The molecule has 0 aromatic rings. The Hall–Kier alpha value is -0.980. The molecule has 0 aromatic heterocycles. The fourth-order valence-electron chi connectivity index (χ4n) is 15.1. The molecule has 0 amide bonds. The molecule has 3 heterocycles. The lowest BCUT2D eigenvalue weighted by atomic mass is 9.33. The first-order chi connectivity index (χ1) is 30.9. The van der Waals surface area contributed by atoms with Crippen molar-refractivity contribution in [3.05, 3.63) is 11.6 Å². The fraction of sp³-hybridized carbons (Fsp3) is 0.958. The Kier molecular flexibility index (Phi) is 14.2. The largest absolute Gasteiger partial charge is 0.396 e. The predicted molar refractivity (Wildman–Crippen MR) is 231 cm³/mol. The molecule has 0 aromatic carbocycles. The van der Waals surface area contributed by atoms with Gasteiger partial charge in [-0.05, 0) is 104 Å². The number of rotatable bonds is 10. The van der Waals surface area contributed by atoms with Crippen molar-refractivity contribution in [1.82, 2.24) is 0 Å². The summed E-state index contributed by atoms with van der Waals surface area (Å²) in [7, 11) is 0. The standard InChI is InChI=1S/C48H80O18/c1-22-31(53)33(55)37(59)41(62-22)66-39-26(19-61-40-36(58)34(56)32(54)25(18-49)63-40)64-42(38(60)35(39)57)65-30-11-12-44(4)27(45(30,5)20-50)10-13-46(6)28(44)9-8-23-24-16-43(2,3)14-15-48(24,21-51)29(52)17-47(23,46)7/h8,22,24-42,49-60H,9-21H2,1-7H3/t22-,24-,25+,26+,27+,28+,29-,30-,31-,32+,33+,34-,35+,36+,37+,38+,39+,40+,41-,42-,44-,45-,46+,47+,48+/m0/s1. The van der Waals surface area contributed by atoms with E-state index in [1.807, 2.05) is 6.92 Å². The van der Waals surface area contributed by atoms with Crippen molar-refractivity contribution in [2.45, 2.75) is 211 Å². The summed E-state index contributed by atoms with van der Waals surface area (Å²) in [6.07, 6.45) is -15.7. The van der Waals surface area contributed by atoms with Gasteiger partial charge in [0.2, 0.25) is 0 Å². The van der Waals surface area contributed by atoms with E-state index in [0.29, 0.717) is 19.3 Å². The van der Waals surface area contributed by atoms with Crippen LogP contribution in [-0.4, -0.2) is 192 Å². The number of fused-ring (bicyclic) bond motifs is 7. The summed E-state index contributed by atoms with van der Waals surface area (Å²) in [6.45, 7) is 13.5. The molecule has 3 aliphatic heterocycles. The molecule has 8 rings (SSSR count). The van der Waals surface area contributed by atoms with E-state index in [2.05, 4.69) is 40.7 Å². The lowest BCUT2D eigenvalue weighted by Crippen LogP contribution is -2.68. The Morgan fingerprint density at radius 1 is 0.621 bits per heavy atom. The molecule has 18 heteroatoms. The molecule has 66 heavy (non-hydrogen) atoms. The maximum atomic E-state index is 12.1. The van der Waals surface area contributed by atoms with E-state index in [9.17, 15) is 61.3 Å². The molecule has 0 bridgehead atoms. The normalized spacial score (nSPS) is 56.0. The van der Waals surface area contributed by atoms with Gasteiger partial charge >= 0.3 is 0 Å². The Labute approximate surface area is 387 Å². The van der Waals surface area contributed by atoms with E-state index < -0.39 is 128 Å². The SMILES string of the molecule is C[C@@H]1O[C@@H](O[C@H]2[C@H](O)[C@@H](O)[C@H](O[C@H]3CC[C@@]4(C)[C@@H](CC[C@]5(C)[C@@H]4CC=C4[C@@H]6CC(C)(C)CC[C@]6(CO)[C@@H](O)C[C@]45C)[C@]3(C)CO)O[C@@H]2CO[C@@H]2O[C@H](CO)[C@@H](O)[C@H](O)[C@H]2O)[C@H](O)[C@H](O)[C@H]1O. The molecule has 0 spiro atoms. The van der Waals surface area contributed by atoms with Gasteiger partial charge in [0, 0.05) is 10.8 Å². The maximum Gasteiger partial charge on any atom is 0.187 e. The third-order valence-electron chi connectivity index (χ3n) is 19.6. The maximum absolute atomic E-state index is 12.1. The van der Waals surface area contributed by atoms with Crippen LogP contribution < -0.4 is 0 Å². The van der Waals surface area contributed by atoms with E-state index in [0.717, 1.165) is 38.5 Å². The zero-order valence-electron chi connectivity index (χ0n) is 39.6. The van der Waals surface area contributed by atoms with Gasteiger partial charge in [0.1, 0.15) is 67.1 Å². The van der Waals surface area contributed by atoms with E-state index in [1.54, 1.807) is 0 Å². The number of hydrogen-bond acceptors (Lipinski definition) is 18. The number of hydrogen-bond donors (Lipinski definition) is 12. The van der Waals surface area contributed by atoms with E-state index in [-0.39, 0.29) is 52.6 Å². The summed E-state index contributed by atoms with van der Waals surface area (Å²) >= 11 is 0. The monoisotopic (exact) mass is 945 g/mol. The van der Waals surface area contributed by atoms with Gasteiger partial charge in [0.25, 0.3) is 0 Å². The molecule has 3 saturated heterocycles. The Balaban J connectivity index is 1.04. The van der Waals surface area contributed by atoms with Crippen LogP contribution in [0.15, 0.2) is 11.6 Å². The van der Waals surface area contributed by atoms with Crippen molar-refractivity contribution in [1.29, 1.82) is 0 Å². The summed E-state index contributed by atoms with van der Waals surface area (Å²) in [5, 5.41) is 131. The topological polar surface area (TPSA) is 298 Å². The molecular weight excluding hydrogens is 865 g/mol. The van der Waals surface area contributed by atoms with Crippen molar-refractivity contribution >= 4 is 0 Å². The van der Waals surface area contributed by atoms with Crippen molar-refractivity contribution < 1.29 is 89.7 Å². The van der Waals surface area contributed by atoms with E-state index in [1.165, 1.54) is 12.5 Å². The predicted octanol–water partition coefficient (Wildman–Crippen LogP) is -0.415. The highest BCUT2D eigenvalue weighted by molar-refractivity contribution is 5.35. The minimum absolute atomic E-state index is 0.0406. The van der Waals surface area contributed by atoms with Gasteiger partial charge in [-0.25, -0.2) is 0 Å². The van der Waals surface area contributed by atoms with Crippen LogP contribution in [0.1, 0.15) is 106 Å². The molecular formula is C48H80O18. The summed E-state index contributed by atoms with van der Waals surface area (Å²) < 4.78 is 36.1.